The highest BCUT2D eigenvalue weighted by Crippen LogP contribution is 2.38. The van der Waals surface area contributed by atoms with Crippen LogP contribution in [0.25, 0.3) is 22.0 Å². The maximum Gasteiger partial charge on any atom is 0.150 e. The van der Waals surface area contributed by atoms with Gasteiger partial charge >= 0.3 is 0 Å². The Hall–Kier alpha value is -3.59. The van der Waals surface area contributed by atoms with Crippen molar-refractivity contribution in [3.63, 3.8) is 0 Å². The molecule has 4 rings (SSSR count). The summed E-state index contributed by atoms with van der Waals surface area (Å²) in [5.74, 6) is 0.457. The van der Waals surface area contributed by atoms with E-state index >= 15 is 0 Å². The van der Waals surface area contributed by atoms with E-state index in [1.165, 1.54) is 13.3 Å². The first kappa shape index (κ1) is 20.7. The molecule has 0 aliphatic carbocycles. The molecule has 31 heavy (non-hydrogen) atoms. The van der Waals surface area contributed by atoms with E-state index in [1.54, 1.807) is 18.2 Å². The van der Waals surface area contributed by atoms with Crippen molar-refractivity contribution < 1.29 is 9.53 Å². The zero-order chi connectivity index (χ0) is 22.0. The third kappa shape index (κ3) is 3.91. The van der Waals surface area contributed by atoms with Crippen LogP contribution < -0.4 is 10.1 Å². The van der Waals surface area contributed by atoms with Crippen molar-refractivity contribution in [2.45, 2.75) is 0 Å². The molecule has 0 amide bonds. The molecular formula is C24H15Cl2N3O2. The average Bonchev–Trinajstić information content (AvgIpc) is 2.80. The topological polar surface area (TPSA) is 75.0 Å². The summed E-state index contributed by atoms with van der Waals surface area (Å²) in [5.41, 5.74) is 4.38. The first-order valence-electron chi connectivity index (χ1n) is 9.23. The summed E-state index contributed by atoms with van der Waals surface area (Å²) in [6.07, 6.45) is 2.33. The van der Waals surface area contributed by atoms with Gasteiger partial charge in [0, 0.05) is 23.2 Å². The molecule has 0 saturated heterocycles. The number of carbonyl (C=O) groups excluding carboxylic acids is 1. The largest absolute Gasteiger partial charge is 0.495 e. The van der Waals surface area contributed by atoms with E-state index in [-0.39, 0.29) is 0 Å². The molecule has 5 nitrogen and oxygen atoms in total. The highest BCUT2D eigenvalue weighted by Gasteiger charge is 2.14. The first-order valence-corrected chi connectivity index (χ1v) is 9.98. The Morgan fingerprint density at radius 3 is 2.65 bits per heavy atom. The van der Waals surface area contributed by atoms with Gasteiger partial charge in [0.1, 0.15) is 11.8 Å². The number of nitriles is 1. The molecule has 0 aliphatic rings. The lowest BCUT2D eigenvalue weighted by Crippen LogP contribution is -1.99. The molecule has 4 aromatic rings. The van der Waals surface area contributed by atoms with Crippen molar-refractivity contribution >= 4 is 51.8 Å². The summed E-state index contributed by atoms with van der Waals surface area (Å²) < 4.78 is 5.27. The van der Waals surface area contributed by atoms with E-state index in [0.717, 1.165) is 22.8 Å². The van der Waals surface area contributed by atoms with Gasteiger partial charge in [0.2, 0.25) is 0 Å². The van der Waals surface area contributed by atoms with Crippen molar-refractivity contribution in [3.05, 3.63) is 82.0 Å². The number of rotatable bonds is 5. The molecule has 0 unspecified atom stereocenters. The molecule has 0 aliphatic heterocycles. The number of hydrogen-bond acceptors (Lipinski definition) is 5. The number of nitrogens with zero attached hydrogens (tertiary/aromatic N) is 2. The molecule has 0 atom stereocenters. The molecule has 7 heteroatoms. The number of ether oxygens (including phenoxy) is 1. The Morgan fingerprint density at radius 1 is 1.10 bits per heavy atom. The van der Waals surface area contributed by atoms with E-state index in [1.807, 2.05) is 36.4 Å². The fraction of sp³-hybridized carbons (Fsp3) is 0.0417. The van der Waals surface area contributed by atoms with Crippen LogP contribution in [0.4, 0.5) is 11.4 Å². The number of pyridine rings is 1. The summed E-state index contributed by atoms with van der Waals surface area (Å²) >= 11 is 12.5. The van der Waals surface area contributed by atoms with Crippen molar-refractivity contribution in [2.24, 2.45) is 0 Å². The number of carbonyl (C=O) groups is 1. The minimum atomic E-state index is 0.360. The highest BCUT2D eigenvalue weighted by molar-refractivity contribution is 6.37. The van der Waals surface area contributed by atoms with Crippen LogP contribution in [0, 0.1) is 11.3 Å². The first-order chi connectivity index (χ1) is 15.0. The molecule has 0 saturated carbocycles. The van der Waals surface area contributed by atoms with E-state index in [9.17, 15) is 10.1 Å². The predicted molar refractivity (Wildman–Crippen MR) is 124 cm³/mol. The maximum atomic E-state index is 11.4. The molecule has 0 spiro atoms. The van der Waals surface area contributed by atoms with Crippen LogP contribution >= 0.6 is 23.2 Å². The number of fused-ring (bicyclic) bond motifs is 1. The summed E-state index contributed by atoms with van der Waals surface area (Å²) in [7, 11) is 1.51. The second-order valence-corrected chi connectivity index (χ2v) is 7.50. The third-order valence-corrected chi connectivity index (χ3v) is 5.50. The number of benzene rings is 3. The summed E-state index contributed by atoms with van der Waals surface area (Å²) in [5, 5.41) is 14.4. The van der Waals surface area contributed by atoms with Crippen LogP contribution in [-0.2, 0) is 0 Å². The average molecular weight is 448 g/mol. The fourth-order valence-corrected chi connectivity index (χ4v) is 3.87. The number of hydrogen-bond donors (Lipinski definition) is 1. The van der Waals surface area contributed by atoms with Crippen molar-refractivity contribution in [3.8, 4) is 22.9 Å². The van der Waals surface area contributed by atoms with E-state index in [4.69, 9.17) is 27.9 Å². The zero-order valence-corrected chi connectivity index (χ0v) is 17.8. The number of methoxy groups -OCH3 is 1. The van der Waals surface area contributed by atoms with Gasteiger partial charge in [-0.1, -0.05) is 59.6 Å². The minimum Gasteiger partial charge on any atom is -0.495 e. The van der Waals surface area contributed by atoms with Gasteiger partial charge in [-0.3, -0.25) is 9.78 Å². The standard InChI is InChI=1S/C24H15Cl2N3O2/c1-31-23-10-22(19(25)9-20(23)26)29-24-16(11-27)12-28-21-8-14(6-7-18(21)24)17-5-3-2-4-15(17)13-30/h2-10,12-13H,1H3,(H,28,29). The second kappa shape index (κ2) is 8.65. The number of anilines is 2. The van der Waals surface area contributed by atoms with E-state index < -0.39 is 0 Å². The molecule has 0 bridgehead atoms. The van der Waals surface area contributed by atoms with Crippen molar-refractivity contribution in [2.75, 3.05) is 12.4 Å². The SMILES string of the molecule is COc1cc(Nc2c(C#N)cnc3cc(-c4ccccc4C=O)ccc23)c(Cl)cc1Cl. The molecule has 1 N–H and O–H groups in total. The van der Waals surface area contributed by atoms with Crippen molar-refractivity contribution in [1.29, 1.82) is 5.26 Å². The minimum absolute atomic E-state index is 0.360. The number of halogens is 2. The maximum absolute atomic E-state index is 11.4. The molecule has 1 aromatic heterocycles. The summed E-state index contributed by atoms with van der Waals surface area (Å²) in [4.78, 5) is 15.9. The summed E-state index contributed by atoms with van der Waals surface area (Å²) in [6, 6.07) is 18.4. The lowest BCUT2D eigenvalue weighted by atomic mass is 9.98. The van der Waals surface area contributed by atoms with Gasteiger partial charge in [0.25, 0.3) is 0 Å². The molecular weight excluding hydrogens is 433 g/mol. The predicted octanol–water partition coefficient (Wildman–Crippen LogP) is 6.64. The van der Waals surface area contributed by atoms with Crippen molar-refractivity contribution in [1.82, 2.24) is 4.98 Å². The van der Waals surface area contributed by atoms with Gasteiger partial charge in [-0.05, 0) is 23.3 Å². The zero-order valence-electron chi connectivity index (χ0n) is 16.3. The Kier molecular flexibility index (Phi) is 5.77. The number of aromatic nitrogens is 1. The lowest BCUT2D eigenvalue weighted by Gasteiger charge is -2.15. The Bertz CT molecular complexity index is 1360. The molecule has 0 radical (unpaired) electrons. The molecule has 3 aromatic carbocycles. The third-order valence-electron chi connectivity index (χ3n) is 4.89. The van der Waals surface area contributed by atoms with Crippen LogP contribution in [0.15, 0.2) is 60.8 Å². The molecule has 0 fully saturated rings. The van der Waals surface area contributed by atoms with Gasteiger partial charge in [-0.2, -0.15) is 5.26 Å². The van der Waals surface area contributed by atoms with Gasteiger partial charge in [0.15, 0.2) is 6.29 Å². The Morgan fingerprint density at radius 2 is 1.90 bits per heavy atom. The van der Waals surface area contributed by atoms with Gasteiger partial charge in [-0.15, -0.1) is 0 Å². The highest BCUT2D eigenvalue weighted by atomic mass is 35.5. The smallest absolute Gasteiger partial charge is 0.150 e. The van der Waals surface area contributed by atoms with Crippen LogP contribution in [-0.4, -0.2) is 18.4 Å². The normalized spacial score (nSPS) is 10.5. The van der Waals surface area contributed by atoms with Gasteiger partial charge < -0.3 is 10.1 Å². The van der Waals surface area contributed by atoms with Crippen LogP contribution in [0.2, 0.25) is 10.0 Å². The van der Waals surface area contributed by atoms with Crippen LogP contribution in [0.1, 0.15) is 15.9 Å². The number of nitrogens with one attached hydrogen (secondary N) is 1. The van der Waals surface area contributed by atoms with Gasteiger partial charge in [0.05, 0.1) is 39.6 Å². The van der Waals surface area contributed by atoms with E-state index in [0.29, 0.717) is 43.8 Å². The fourth-order valence-electron chi connectivity index (χ4n) is 3.36. The Labute approximate surface area is 188 Å². The summed E-state index contributed by atoms with van der Waals surface area (Å²) in [6.45, 7) is 0. The van der Waals surface area contributed by atoms with E-state index in [2.05, 4.69) is 16.4 Å². The quantitative estimate of drug-likeness (QED) is 0.346. The Balaban J connectivity index is 1.86. The van der Waals surface area contributed by atoms with Crippen LogP contribution in [0.3, 0.4) is 0 Å². The van der Waals surface area contributed by atoms with Gasteiger partial charge in [-0.25, -0.2) is 0 Å². The second-order valence-electron chi connectivity index (χ2n) is 6.69. The monoisotopic (exact) mass is 447 g/mol. The molecule has 152 valence electrons. The van der Waals surface area contributed by atoms with Crippen LogP contribution in [0.5, 0.6) is 5.75 Å². The number of aldehydes is 1. The molecule has 1 heterocycles. The lowest BCUT2D eigenvalue weighted by molar-refractivity contribution is 0.112.